The molecule has 84 valence electrons. The first-order valence-electron chi connectivity index (χ1n) is 4.19. The van der Waals surface area contributed by atoms with Crippen LogP contribution in [0.25, 0.3) is 10.8 Å². The Kier molecular flexibility index (Phi) is 2.30. The number of nitrogens with zero attached hydrogens (tertiary/aromatic N) is 1. The summed E-state index contributed by atoms with van der Waals surface area (Å²) < 4.78 is 39.5. The van der Waals surface area contributed by atoms with Crippen LogP contribution in [0.15, 0.2) is 29.2 Å². The fraction of sp³-hybridized carbons (Fsp3) is 0.111. The molecule has 0 spiro atoms. The lowest BCUT2D eigenvalue weighted by atomic mass is 10.2. The first-order chi connectivity index (χ1) is 7.46. The van der Waals surface area contributed by atoms with Crippen LogP contribution in [0, 0.1) is 0 Å². The molecule has 2 rings (SSSR count). The molecule has 0 aliphatic carbocycles. The third-order valence-corrected chi connectivity index (χ3v) is 1.87. The van der Waals surface area contributed by atoms with Crippen LogP contribution >= 0.6 is 0 Å². The number of aromatic nitrogens is 2. The Morgan fingerprint density at radius 1 is 1.31 bits per heavy atom. The summed E-state index contributed by atoms with van der Waals surface area (Å²) in [7, 11) is 0. The number of hydrogen-bond donors (Lipinski definition) is 1. The van der Waals surface area contributed by atoms with Crippen molar-refractivity contribution in [2.75, 3.05) is 0 Å². The minimum absolute atomic E-state index is 0.254. The van der Waals surface area contributed by atoms with Gasteiger partial charge < -0.3 is 4.74 Å². The maximum atomic E-state index is 11.9. The van der Waals surface area contributed by atoms with Gasteiger partial charge in [0.1, 0.15) is 5.75 Å². The average molecular weight is 230 g/mol. The highest BCUT2D eigenvalue weighted by atomic mass is 19.4. The summed E-state index contributed by atoms with van der Waals surface area (Å²) in [5.41, 5.74) is -0.462. The highest BCUT2D eigenvalue weighted by Gasteiger charge is 2.31. The third kappa shape index (κ3) is 2.13. The quantitative estimate of drug-likeness (QED) is 0.812. The van der Waals surface area contributed by atoms with Gasteiger partial charge in [0.2, 0.25) is 0 Å². The summed E-state index contributed by atoms with van der Waals surface area (Å²) in [6.45, 7) is 0. The summed E-state index contributed by atoms with van der Waals surface area (Å²) in [5.74, 6) is -0.382. The minimum atomic E-state index is -4.75. The van der Waals surface area contributed by atoms with Gasteiger partial charge in [-0.25, -0.2) is 5.10 Å². The molecule has 0 atom stereocenters. The van der Waals surface area contributed by atoms with E-state index in [0.29, 0.717) is 0 Å². The summed E-state index contributed by atoms with van der Waals surface area (Å²) >= 11 is 0. The van der Waals surface area contributed by atoms with Crippen LogP contribution in [-0.2, 0) is 0 Å². The Morgan fingerprint density at radius 2 is 2.06 bits per heavy atom. The molecule has 1 heterocycles. The summed E-state index contributed by atoms with van der Waals surface area (Å²) in [6.07, 6.45) is -3.50. The normalized spacial score (nSPS) is 11.7. The number of benzene rings is 1. The van der Waals surface area contributed by atoms with E-state index in [4.69, 9.17) is 0 Å². The highest BCUT2D eigenvalue weighted by molar-refractivity contribution is 5.81. The molecular weight excluding hydrogens is 225 g/mol. The van der Waals surface area contributed by atoms with Gasteiger partial charge in [0.05, 0.1) is 11.6 Å². The van der Waals surface area contributed by atoms with Gasteiger partial charge in [0.15, 0.2) is 0 Å². The molecular formula is C9H5F3N2O2. The summed E-state index contributed by atoms with van der Waals surface area (Å²) in [4.78, 5) is 11.2. The molecule has 0 bridgehead atoms. The van der Waals surface area contributed by atoms with E-state index in [0.717, 1.165) is 12.1 Å². The van der Waals surface area contributed by atoms with E-state index in [1.165, 1.54) is 12.3 Å². The first kappa shape index (κ1) is 10.5. The minimum Gasteiger partial charge on any atom is -0.406 e. The SMILES string of the molecule is O=c1[nH]ncc2cc(OC(F)(F)F)ccc12. The molecule has 0 saturated carbocycles. The van der Waals surface area contributed by atoms with Gasteiger partial charge in [-0.05, 0) is 18.2 Å². The Balaban J connectivity index is 2.49. The van der Waals surface area contributed by atoms with E-state index in [1.807, 2.05) is 0 Å². The van der Waals surface area contributed by atoms with Crippen molar-refractivity contribution in [1.82, 2.24) is 10.2 Å². The Hall–Kier alpha value is -2.05. The molecule has 0 radical (unpaired) electrons. The molecule has 0 fully saturated rings. The molecule has 1 aromatic carbocycles. The number of ether oxygens (including phenoxy) is 1. The van der Waals surface area contributed by atoms with Crippen molar-refractivity contribution in [2.24, 2.45) is 0 Å². The van der Waals surface area contributed by atoms with E-state index in [9.17, 15) is 18.0 Å². The van der Waals surface area contributed by atoms with Crippen molar-refractivity contribution >= 4 is 10.8 Å². The first-order valence-corrected chi connectivity index (χ1v) is 4.19. The molecule has 0 unspecified atom stereocenters. The zero-order chi connectivity index (χ0) is 11.8. The molecule has 0 saturated heterocycles. The lowest BCUT2D eigenvalue weighted by molar-refractivity contribution is -0.274. The van der Waals surface area contributed by atoms with Crippen molar-refractivity contribution in [3.63, 3.8) is 0 Å². The fourth-order valence-electron chi connectivity index (χ4n) is 1.27. The van der Waals surface area contributed by atoms with Gasteiger partial charge in [0.25, 0.3) is 5.56 Å². The van der Waals surface area contributed by atoms with Gasteiger partial charge in [-0.2, -0.15) is 5.10 Å². The van der Waals surface area contributed by atoms with E-state index in [2.05, 4.69) is 14.9 Å². The second kappa shape index (κ2) is 3.51. The van der Waals surface area contributed by atoms with Gasteiger partial charge >= 0.3 is 6.36 Å². The average Bonchev–Trinajstić information content (AvgIpc) is 2.15. The predicted octanol–water partition coefficient (Wildman–Crippen LogP) is 1.82. The van der Waals surface area contributed by atoms with Gasteiger partial charge in [-0.3, -0.25) is 4.79 Å². The van der Waals surface area contributed by atoms with E-state index < -0.39 is 11.9 Å². The number of fused-ring (bicyclic) bond motifs is 1. The van der Waals surface area contributed by atoms with Crippen molar-refractivity contribution in [1.29, 1.82) is 0 Å². The van der Waals surface area contributed by atoms with Crippen molar-refractivity contribution in [2.45, 2.75) is 6.36 Å². The van der Waals surface area contributed by atoms with Crippen LogP contribution in [0.5, 0.6) is 5.75 Å². The van der Waals surface area contributed by atoms with Crippen LogP contribution in [0.2, 0.25) is 0 Å². The van der Waals surface area contributed by atoms with Crippen molar-refractivity contribution in [3.05, 3.63) is 34.7 Å². The zero-order valence-electron chi connectivity index (χ0n) is 7.71. The molecule has 0 amide bonds. The van der Waals surface area contributed by atoms with Gasteiger partial charge in [0, 0.05) is 5.39 Å². The Bertz CT molecular complexity index is 577. The number of H-pyrrole nitrogens is 1. The number of rotatable bonds is 1. The number of nitrogens with one attached hydrogen (secondary N) is 1. The second-order valence-electron chi connectivity index (χ2n) is 3.00. The molecule has 0 aliphatic rings. The molecule has 4 nitrogen and oxygen atoms in total. The number of halogens is 3. The molecule has 16 heavy (non-hydrogen) atoms. The smallest absolute Gasteiger partial charge is 0.406 e. The van der Waals surface area contributed by atoms with E-state index >= 15 is 0 Å². The summed E-state index contributed by atoms with van der Waals surface area (Å²) in [5, 5.41) is 6.19. The molecule has 0 aliphatic heterocycles. The Labute approximate surface area is 86.7 Å². The van der Waals surface area contributed by atoms with Crippen LogP contribution in [0.4, 0.5) is 13.2 Å². The lowest BCUT2D eigenvalue weighted by Gasteiger charge is -2.08. The van der Waals surface area contributed by atoms with Crippen LogP contribution < -0.4 is 10.3 Å². The maximum Gasteiger partial charge on any atom is 0.573 e. The monoisotopic (exact) mass is 230 g/mol. The maximum absolute atomic E-state index is 11.9. The van der Waals surface area contributed by atoms with Crippen LogP contribution in [0.3, 0.4) is 0 Å². The highest BCUT2D eigenvalue weighted by Crippen LogP contribution is 2.24. The van der Waals surface area contributed by atoms with Gasteiger partial charge in [-0.15, -0.1) is 13.2 Å². The molecule has 1 N–H and O–H groups in total. The number of hydrogen-bond acceptors (Lipinski definition) is 3. The molecule has 2 aromatic rings. The zero-order valence-corrected chi connectivity index (χ0v) is 7.71. The standard InChI is InChI=1S/C9H5F3N2O2/c10-9(11,12)16-6-1-2-7-5(3-6)4-13-14-8(7)15/h1-4H,(H,14,15). The van der Waals surface area contributed by atoms with E-state index in [-0.39, 0.29) is 16.5 Å². The van der Waals surface area contributed by atoms with Crippen LogP contribution in [-0.4, -0.2) is 16.6 Å². The summed E-state index contributed by atoms with van der Waals surface area (Å²) in [6, 6.07) is 3.42. The predicted molar refractivity (Wildman–Crippen MR) is 49.0 cm³/mol. The lowest BCUT2D eigenvalue weighted by Crippen LogP contribution is -2.17. The number of alkyl halides is 3. The van der Waals surface area contributed by atoms with Crippen molar-refractivity contribution < 1.29 is 17.9 Å². The topological polar surface area (TPSA) is 55.0 Å². The second-order valence-corrected chi connectivity index (χ2v) is 3.00. The van der Waals surface area contributed by atoms with Crippen LogP contribution in [0.1, 0.15) is 0 Å². The largest absolute Gasteiger partial charge is 0.573 e. The van der Waals surface area contributed by atoms with Crippen molar-refractivity contribution in [3.8, 4) is 5.75 Å². The fourth-order valence-corrected chi connectivity index (χ4v) is 1.27. The van der Waals surface area contributed by atoms with E-state index in [1.54, 1.807) is 0 Å². The molecule has 7 heteroatoms. The number of aromatic amines is 1. The van der Waals surface area contributed by atoms with Gasteiger partial charge in [-0.1, -0.05) is 0 Å². The Morgan fingerprint density at radius 3 is 2.75 bits per heavy atom. The molecule has 1 aromatic heterocycles. The third-order valence-electron chi connectivity index (χ3n) is 1.87.